The third-order valence-corrected chi connectivity index (χ3v) is 15.1. The molecular weight excluding hydrogens is 695 g/mol. The Labute approximate surface area is 283 Å². The van der Waals surface area contributed by atoms with Gasteiger partial charge in [0, 0.05) is 23.1 Å². The number of aromatic nitrogens is 2. The first-order valence-electron chi connectivity index (χ1n) is 16.6. The second kappa shape index (κ2) is 17.2. The minimum absolute atomic E-state index is 0.131. The van der Waals surface area contributed by atoms with Gasteiger partial charge in [0.1, 0.15) is 6.23 Å². The molecule has 1 aliphatic rings. The molecule has 3 atom stereocenters. The van der Waals surface area contributed by atoms with Crippen LogP contribution in [0.25, 0.3) is 0 Å². The lowest BCUT2D eigenvalue weighted by Gasteiger charge is -2.43. The average molecular weight is 747 g/mol. The fourth-order valence-electron chi connectivity index (χ4n) is 6.34. The predicted molar refractivity (Wildman–Crippen MR) is 193 cm³/mol. The van der Waals surface area contributed by atoms with Crippen LogP contribution in [0, 0.1) is 0 Å². The standard InChI is InChI=1S/C36H51IN2O5Si/c1-5-6-7-8-9-10-11-18-23-42-26-28-25-39(35(41)38-34(28)40)33-24-31(37)32(44-33)27-43-45(36(2,3)4,29-19-14-12-15-20-29)30-21-16-13-17-22-30/h12-17,19-22,25,31-33H,5-11,18,23-24,26-27H2,1-4H3,(H,38,40,41)/t31-,32-,33?/m1/s1. The minimum atomic E-state index is -2.73. The number of halogens is 1. The van der Waals surface area contributed by atoms with Crippen LogP contribution < -0.4 is 21.6 Å². The molecule has 0 bridgehead atoms. The number of ether oxygens (including phenoxy) is 2. The van der Waals surface area contributed by atoms with E-state index in [1.807, 2.05) is 12.1 Å². The van der Waals surface area contributed by atoms with Crippen molar-refractivity contribution in [3.63, 3.8) is 0 Å². The molecule has 3 aromatic rings. The minimum Gasteiger partial charge on any atom is -0.405 e. The molecule has 1 fully saturated rings. The van der Waals surface area contributed by atoms with Gasteiger partial charge in [-0.15, -0.1) is 0 Å². The van der Waals surface area contributed by atoms with E-state index in [9.17, 15) is 9.59 Å². The number of hydrogen-bond donors (Lipinski definition) is 1. The average Bonchev–Trinajstić information content (AvgIpc) is 3.39. The van der Waals surface area contributed by atoms with Gasteiger partial charge in [-0.2, -0.15) is 0 Å². The molecule has 1 N–H and O–H groups in total. The predicted octanol–water partition coefficient (Wildman–Crippen LogP) is 6.86. The van der Waals surface area contributed by atoms with Gasteiger partial charge in [-0.25, -0.2) is 4.79 Å². The van der Waals surface area contributed by atoms with Crippen molar-refractivity contribution in [2.75, 3.05) is 13.2 Å². The number of benzene rings is 2. The first kappa shape index (κ1) is 35.8. The maximum atomic E-state index is 12.9. The Balaban J connectivity index is 1.41. The Morgan fingerprint density at radius 1 is 0.911 bits per heavy atom. The molecule has 1 saturated heterocycles. The zero-order valence-corrected chi connectivity index (χ0v) is 30.6. The van der Waals surface area contributed by atoms with Crippen LogP contribution in [0.15, 0.2) is 76.4 Å². The molecule has 2 heterocycles. The lowest BCUT2D eigenvalue weighted by atomic mass is 10.1. The van der Waals surface area contributed by atoms with E-state index in [2.05, 4.69) is 104 Å². The van der Waals surface area contributed by atoms with Crippen molar-refractivity contribution >= 4 is 41.3 Å². The molecule has 0 spiro atoms. The monoisotopic (exact) mass is 746 g/mol. The SMILES string of the molecule is CCCCCCCCCCOCc1cn(C2C[C@@H](I)[C@@H](CO[Si](c3ccccc3)(c3ccccc3)C(C)(C)C)O2)c(=O)[nH]c1=O. The van der Waals surface area contributed by atoms with E-state index in [4.69, 9.17) is 13.9 Å². The van der Waals surface area contributed by atoms with Crippen molar-refractivity contribution in [1.29, 1.82) is 0 Å². The van der Waals surface area contributed by atoms with Gasteiger partial charge in [0.15, 0.2) is 0 Å². The highest BCUT2D eigenvalue weighted by Gasteiger charge is 2.51. The van der Waals surface area contributed by atoms with Crippen molar-refractivity contribution in [2.24, 2.45) is 0 Å². The van der Waals surface area contributed by atoms with Crippen molar-refractivity contribution in [1.82, 2.24) is 9.55 Å². The van der Waals surface area contributed by atoms with E-state index in [1.54, 1.807) is 6.20 Å². The Hall–Kier alpha value is -2.05. The lowest BCUT2D eigenvalue weighted by molar-refractivity contribution is -0.0205. The summed E-state index contributed by atoms with van der Waals surface area (Å²) in [6, 6.07) is 21.1. The molecule has 0 radical (unpaired) electrons. The summed E-state index contributed by atoms with van der Waals surface area (Å²) in [7, 11) is -2.73. The summed E-state index contributed by atoms with van der Waals surface area (Å²) in [5.41, 5.74) is -0.425. The number of unbranched alkanes of at least 4 members (excludes halogenated alkanes) is 7. The second-order valence-corrected chi connectivity index (χ2v) is 19.1. The largest absolute Gasteiger partial charge is 0.405 e. The summed E-state index contributed by atoms with van der Waals surface area (Å²) < 4.78 is 21.1. The molecule has 0 saturated carbocycles. The maximum absolute atomic E-state index is 12.9. The normalized spacial score (nSPS) is 18.8. The third-order valence-electron chi connectivity index (χ3n) is 8.79. The Bertz CT molecular complexity index is 1380. The van der Waals surface area contributed by atoms with E-state index in [0.29, 0.717) is 25.2 Å². The molecule has 1 aliphatic heterocycles. The van der Waals surface area contributed by atoms with Crippen molar-refractivity contribution < 1.29 is 13.9 Å². The van der Waals surface area contributed by atoms with Gasteiger partial charge >= 0.3 is 5.69 Å². The van der Waals surface area contributed by atoms with Gasteiger partial charge in [-0.1, -0.05) is 156 Å². The molecule has 7 nitrogen and oxygen atoms in total. The number of nitrogens with one attached hydrogen (secondary N) is 1. The number of aromatic amines is 1. The molecule has 2 aromatic carbocycles. The summed E-state index contributed by atoms with van der Waals surface area (Å²) in [6.07, 6.45) is 11.4. The molecule has 45 heavy (non-hydrogen) atoms. The first-order valence-corrected chi connectivity index (χ1v) is 19.8. The van der Waals surface area contributed by atoms with Gasteiger partial charge in [-0.05, 0) is 21.8 Å². The first-order chi connectivity index (χ1) is 21.7. The quantitative estimate of drug-likeness (QED) is 0.0707. The van der Waals surface area contributed by atoms with Crippen molar-refractivity contribution in [3.8, 4) is 0 Å². The highest BCUT2D eigenvalue weighted by Crippen LogP contribution is 2.39. The van der Waals surface area contributed by atoms with Gasteiger partial charge < -0.3 is 13.9 Å². The number of hydrogen-bond acceptors (Lipinski definition) is 5. The molecule has 1 unspecified atom stereocenters. The lowest BCUT2D eigenvalue weighted by Crippen LogP contribution is -2.67. The van der Waals surface area contributed by atoms with Gasteiger partial charge in [0.25, 0.3) is 13.9 Å². The van der Waals surface area contributed by atoms with E-state index < -0.39 is 25.8 Å². The highest BCUT2D eigenvalue weighted by molar-refractivity contribution is 14.1. The molecule has 0 aliphatic carbocycles. The van der Waals surface area contributed by atoms with Crippen LogP contribution in [0.3, 0.4) is 0 Å². The summed E-state index contributed by atoms with van der Waals surface area (Å²) >= 11 is 2.41. The van der Waals surface area contributed by atoms with E-state index >= 15 is 0 Å². The molecule has 9 heteroatoms. The second-order valence-electron chi connectivity index (χ2n) is 13.2. The molecule has 0 amide bonds. The van der Waals surface area contributed by atoms with Crippen LogP contribution in [0.1, 0.15) is 97.3 Å². The Morgan fingerprint density at radius 2 is 1.49 bits per heavy atom. The number of H-pyrrole nitrogens is 1. The Kier molecular flexibility index (Phi) is 13.7. The van der Waals surface area contributed by atoms with E-state index in [0.717, 1.165) is 12.8 Å². The Morgan fingerprint density at radius 3 is 2.07 bits per heavy atom. The van der Waals surface area contributed by atoms with Crippen molar-refractivity contribution in [2.45, 2.75) is 113 Å². The van der Waals surface area contributed by atoms with Crippen LogP contribution in [-0.4, -0.2) is 41.1 Å². The fourth-order valence-corrected chi connectivity index (χ4v) is 11.7. The molecule has 4 rings (SSSR count). The number of rotatable bonds is 17. The van der Waals surface area contributed by atoms with Crippen LogP contribution in [0.5, 0.6) is 0 Å². The summed E-state index contributed by atoms with van der Waals surface area (Å²) in [4.78, 5) is 28.0. The van der Waals surface area contributed by atoms with Gasteiger partial charge in [0.05, 0.1) is 24.9 Å². The van der Waals surface area contributed by atoms with Gasteiger partial charge in [0.2, 0.25) is 0 Å². The topological polar surface area (TPSA) is 82.6 Å². The smallest absolute Gasteiger partial charge is 0.330 e. The number of alkyl halides is 1. The zero-order chi connectivity index (χ0) is 32.3. The van der Waals surface area contributed by atoms with Crippen LogP contribution in [0.4, 0.5) is 0 Å². The highest BCUT2D eigenvalue weighted by atomic mass is 127. The van der Waals surface area contributed by atoms with E-state index in [-0.39, 0.29) is 21.7 Å². The van der Waals surface area contributed by atoms with Gasteiger partial charge in [-0.3, -0.25) is 14.3 Å². The zero-order valence-electron chi connectivity index (χ0n) is 27.4. The summed E-state index contributed by atoms with van der Waals surface area (Å²) in [5.74, 6) is 0. The fraction of sp³-hybridized carbons (Fsp3) is 0.556. The van der Waals surface area contributed by atoms with Crippen molar-refractivity contribution in [3.05, 3.63) is 93.3 Å². The summed E-state index contributed by atoms with van der Waals surface area (Å²) in [5, 5.41) is 2.29. The molecule has 246 valence electrons. The van der Waals surface area contributed by atoms with E-state index in [1.165, 1.54) is 53.5 Å². The maximum Gasteiger partial charge on any atom is 0.330 e. The third kappa shape index (κ3) is 9.28. The van der Waals surface area contributed by atoms with Crippen LogP contribution in [-0.2, 0) is 20.5 Å². The van der Waals surface area contributed by atoms with Crippen LogP contribution in [0.2, 0.25) is 5.04 Å². The molecular formula is C36H51IN2O5Si. The van der Waals surface area contributed by atoms with Crippen LogP contribution >= 0.6 is 22.6 Å². The number of nitrogens with zero attached hydrogens (tertiary/aromatic N) is 1. The summed E-state index contributed by atoms with van der Waals surface area (Å²) in [6.45, 7) is 10.2. The molecule has 1 aromatic heterocycles.